The molecule has 1 saturated heterocycles. The van der Waals surface area contributed by atoms with Gasteiger partial charge in [0.05, 0.1) is 0 Å². The molecule has 6 nitrogen and oxygen atoms in total. The van der Waals surface area contributed by atoms with Gasteiger partial charge in [0.2, 0.25) is 0 Å². The zero-order chi connectivity index (χ0) is 16.2. The van der Waals surface area contributed by atoms with Crippen molar-refractivity contribution in [2.45, 2.75) is 25.5 Å². The maximum Gasteiger partial charge on any atom is 0.415 e. The van der Waals surface area contributed by atoms with Gasteiger partial charge in [-0.25, -0.2) is 9.59 Å². The lowest BCUT2D eigenvalue weighted by atomic mass is 10.1. The molecule has 1 heterocycles. The third kappa shape index (κ3) is 3.48. The Morgan fingerprint density at radius 1 is 1.13 bits per heavy atom. The largest absolute Gasteiger partial charge is 0.461 e. The first-order chi connectivity index (χ1) is 11.1. The van der Waals surface area contributed by atoms with E-state index in [2.05, 4.69) is 10.1 Å². The Bertz CT molecular complexity index is 765. The number of carbonyl (C=O) groups is 3. The van der Waals surface area contributed by atoms with Gasteiger partial charge < -0.3 is 14.8 Å². The fraction of sp³-hybridized carbons (Fsp3) is 0.235. The number of nitrogens with one attached hydrogen (secondary N) is 1. The first-order valence-electron chi connectivity index (χ1n) is 7.28. The van der Waals surface area contributed by atoms with Gasteiger partial charge in [-0.1, -0.05) is 42.5 Å². The molecule has 2 aromatic carbocycles. The number of fused-ring (bicyclic) bond motifs is 1. The van der Waals surface area contributed by atoms with Crippen molar-refractivity contribution in [2.24, 2.45) is 0 Å². The van der Waals surface area contributed by atoms with Gasteiger partial charge in [-0.15, -0.1) is 0 Å². The van der Waals surface area contributed by atoms with Gasteiger partial charge >= 0.3 is 18.0 Å². The fourth-order valence-electron chi connectivity index (χ4n) is 2.49. The standard InChI is InChI=1S/C17H15NO5/c19-15(9-8-14-16(20)23-17(21)18-14)22-10-12-6-3-5-11-4-1-2-7-13(11)12/h1-7,14H,8-10H2,(H,18,21). The summed E-state index contributed by atoms with van der Waals surface area (Å²) in [5, 5.41) is 4.46. The Hall–Kier alpha value is -2.89. The second-order valence-electron chi connectivity index (χ2n) is 5.24. The number of carbonyl (C=O) groups excluding carboxylic acids is 3. The maximum atomic E-state index is 11.8. The molecular formula is C17H15NO5. The van der Waals surface area contributed by atoms with Crippen LogP contribution < -0.4 is 5.32 Å². The Kier molecular flexibility index (Phi) is 4.23. The molecule has 0 aromatic heterocycles. The van der Waals surface area contributed by atoms with Gasteiger partial charge in [0.15, 0.2) is 0 Å². The molecule has 23 heavy (non-hydrogen) atoms. The molecule has 1 aliphatic rings. The highest BCUT2D eigenvalue weighted by Gasteiger charge is 2.32. The van der Waals surface area contributed by atoms with Crippen LogP contribution in [0, 0.1) is 0 Å². The van der Waals surface area contributed by atoms with E-state index in [0.29, 0.717) is 0 Å². The predicted molar refractivity (Wildman–Crippen MR) is 81.4 cm³/mol. The van der Waals surface area contributed by atoms with E-state index >= 15 is 0 Å². The van der Waals surface area contributed by atoms with Crippen molar-refractivity contribution in [1.82, 2.24) is 5.32 Å². The molecule has 1 unspecified atom stereocenters. The van der Waals surface area contributed by atoms with Crippen LogP contribution >= 0.6 is 0 Å². The summed E-state index contributed by atoms with van der Waals surface area (Å²) in [6.07, 6.45) is -0.576. The van der Waals surface area contributed by atoms with Gasteiger partial charge in [0.25, 0.3) is 0 Å². The van der Waals surface area contributed by atoms with Gasteiger partial charge in [-0.2, -0.15) is 0 Å². The second kappa shape index (κ2) is 6.48. The zero-order valence-electron chi connectivity index (χ0n) is 12.3. The normalized spacial score (nSPS) is 17.0. The monoisotopic (exact) mass is 313 g/mol. The van der Waals surface area contributed by atoms with E-state index in [1.54, 1.807) is 0 Å². The lowest BCUT2D eigenvalue weighted by Gasteiger charge is -2.09. The molecule has 1 amide bonds. The molecule has 0 spiro atoms. The average molecular weight is 313 g/mol. The van der Waals surface area contributed by atoms with E-state index in [-0.39, 0.29) is 19.4 Å². The molecule has 118 valence electrons. The molecule has 2 aromatic rings. The van der Waals surface area contributed by atoms with Crippen LogP contribution in [0.2, 0.25) is 0 Å². The Labute approximate surface area is 132 Å². The summed E-state index contributed by atoms with van der Waals surface area (Å²) >= 11 is 0. The van der Waals surface area contributed by atoms with Gasteiger partial charge in [-0.3, -0.25) is 4.79 Å². The minimum atomic E-state index is -0.774. The number of hydrogen-bond acceptors (Lipinski definition) is 5. The number of benzene rings is 2. The van der Waals surface area contributed by atoms with Crippen molar-refractivity contribution in [3.05, 3.63) is 48.0 Å². The van der Waals surface area contributed by atoms with E-state index in [1.807, 2.05) is 42.5 Å². The summed E-state index contributed by atoms with van der Waals surface area (Å²) < 4.78 is 9.60. The van der Waals surface area contributed by atoms with Crippen molar-refractivity contribution in [2.75, 3.05) is 0 Å². The van der Waals surface area contributed by atoms with Crippen molar-refractivity contribution in [1.29, 1.82) is 0 Å². The second-order valence-corrected chi connectivity index (χ2v) is 5.24. The molecule has 0 aliphatic carbocycles. The number of esters is 2. The topological polar surface area (TPSA) is 81.7 Å². The van der Waals surface area contributed by atoms with Gasteiger partial charge in [-0.05, 0) is 22.8 Å². The van der Waals surface area contributed by atoms with Crippen LogP contribution in [0.25, 0.3) is 10.8 Å². The SMILES string of the molecule is O=C(CCC1NC(=O)OC1=O)OCc1cccc2ccccc12. The first-order valence-corrected chi connectivity index (χ1v) is 7.28. The van der Waals surface area contributed by atoms with Crippen molar-refractivity contribution in [3.63, 3.8) is 0 Å². The molecule has 1 N–H and O–H groups in total. The van der Waals surface area contributed by atoms with Crippen molar-refractivity contribution in [3.8, 4) is 0 Å². The van der Waals surface area contributed by atoms with Gasteiger partial charge in [0, 0.05) is 6.42 Å². The maximum absolute atomic E-state index is 11.8. The zero-order valence-corrected chi connectivity index (χ0v) is 12.3. The Morgan fingerprint density at radius 2 is 1.91 bits per heavy atom. The van der Waals surface area contributed by atoms with E-state index in [1.165, 1.54) is 0 Å². The lowest BCUT2D eigenvalue weighted by molar-refractivity contribution is -0.145. The van der Waals surface area contributed by atoms with Crippen LogP contribution in [0.15, 0.2) is 42.5 Å². The molecule has 0 radical (unpaired) electrons. The highest BCUT2D eigenvalue weighted by Crippen LogP contribution is 2.19. The molecule has 0 bridgehead atoms. The summed E-state index contributed by atoms with van der Waals surface area (Å²) in [5.41, 5.74) is 0.921. The van der Waals surface area contributed by atoms with Crippen molar-refractivity contribution >= 4 is 28.8 Å². The van der Waals surface area contributed by atoms with Crippen LogP contribution in [0.1, 0.15) is 18.4 Å². The molecule has 1 aliphatic heterocycles. The molecule has 1 atom stereocenters. The van der Waals surface area contributed by atoms with Gasteiger partial charge in [0.1, 0.15) is 12.6 Å². The highest BCUT2D eigenvalue weighted by molar-refractivity contribution is 5.95. The minimum absolute atomic E-state index is 0.0326. The predicted octanol–water partition coefficient (Wildman–Crippen LogP) is 2.30. The van der Waals surface area contributed by atoms with Crippen LogP contribution in [0.4, 0.5) is 4.79 Å². The molecule has 3 rings (SSSR count). The minimum Gasteiger partial charge on any atom is -0.461 e. The molecule has 6 heteroatoms. The summed E-state index contributed by atoms with van der Waals surface area (Å²) in [6.45, 7) is 0.168. The number of alkyl carbamates (subject to hydrolysis) is 1. The summed E-state index contributed by atoms with van der Waals surface area (Å²) in [6, 6.07) is 12.9. The lowest BCUT2D eigenvalue weighted by Crippen LogP contribution is -2.29. The van der Waals surface area contributed by atoms with E-state index in [9.17, 15) is 14.4 Å². The van der Waals surface area contributed by atoms with E-state index in [4.69, 9.17) is 4.74 Å². The number of hydrogen-bond donors (Lipinski definition) is 1. The average Bonchev–Trinajstić information content (AvgIpc) is 2.88. The number of ether oxygens (including phenoxy) is 2. The number of amides is 1. The van der Waals surface area contributed by atoms with Crippen LogP contribution in [0.5, 0.6) is 0 Å². The van der Waals surface area contributed by atoms with Crippen LogP contribution in [-0.4, -0.2) is 24.1 Å². The van der Waals surface area contributed by atoms with E-state index < -0.39 is 24.1 Å². The first kappa shape index (κ1) is 15.0. The number of rotatable bonds is 5. The smallest absolute Gasteiger partial charge is 0.415 e. The van der Waals surface area contributed by atoms with Crippen molar-refractivity contribution < 1.29 is 23.9 Å². The summed E-state index contributed by atoms with van der Waals surface area (Å²) in [7, 11) is 0. The highest BCUT2D eigenvalue weighted by atomic mass is 16.6. The van der Waals surface area contributed by atoms with Crippen LogP contribution in [-0.2, 0) is 25.7 Å². The third-order valence-electron chi connectivity index (χ3n) is 3.68. The fourth-order valence-corrected chi connectivity index (χ4v) is 2.49. The summed E-state index contributed by atoms with van der Waals surface area (Å²) in [4.78, 5) is 33.9. The summed E-state index contributed by atoms with van der Waals surface area (Å²) in [5.74, 6) is -1.08. The third-order valence-corrected chi connectivity index (χ3v) is 3.68. The molecule has 1 fully saturated rings. The Balaban J connectivity index is 1.54. The number of cyclic esters (lactones) is 2. The molecule has 0 saturated carbocycles. The van der Waals surface area contributed by atoms with Crippen LogP contribution in [0.3, 0.4) is 0 Å². The quantitative estimate of drug-likeness (QED) is 0.676. The van der Waals surface area contributed by atoms with E-state index in [0.717, 1.165) is 16.3 Å². The molecular weight excluding hydrogens is 298 g/mol. The Morgan fingerprint density at radius 3 is 2.70 bits per heavy atom.